The third-order valence-electron chi connectivity index (χ3n) is 5.65. The first kappa shape index (κ1) is 14.7. The highest BCUT2D eigenvalue weighted by molar-refractivity contribution is 6.04. The Morgan fingerprint density at radius 3 is 2.65 bits per heavy atom. The van der Waals surface area contributed by atoms with E-state index in [-0.39, 0.29) is 13.4 Å². The summed E-state index contributed by atoms with van der Waals surface area (Å²) < 4.78 is 1.79. The van der Waals surface area contributed by atoms with E-state index < -0.39 is 0 Å². The van der Waals surface area contributed by atoms with E-state index in [9.17, 15) is 4.79 Å². The summed E-state index contributed by atoms with van der Waals surface area (Å²) in [4.78, 5) is 15.3. The van der Waals surface area contributed by atoms with Crippen LogP contribution in [-0.4, -0.2) is 45.8 Å². The maximum Gasteiger partial charge on any atom is 1.00 e. The number of fused-ring (bicyclic) bond motifs is 3. The minimum atomic E-state index is -0.0329. The normalized spacial score (nSPS) is 28.0. The highest BCUT2D eigenvalue weighted by atomic mass is 16.2. The van der Waals surface area contributed by atoms with Gasteiger partial charge < -0.3 is 10.2 Å². The third kappa shape index (κ3) is 2.53. The molecule has 2 fully saturated rings. The lowest BCUT2D eigenvalue weighted by Gasteiger charge is -2.47. The van der Waals surface area contributed by atoms with Crippen LogP contribution in [0.25, 0.3) is 10.9 Å². The Hall–Kier alpha value is -1.88. The molecule has 2 aliphatic rings. The smallest absolute Gasteiger partial charge is 0.348 e. The highest BCUT2D eigenvalue weighted by Crippen LogP contribution is 2.32. The summed E-state index contributed by atoms with van der Waals surface area (Å²) in [7, 11) is 4.12. The molecule has 1 amide bonds. The zero-order chi connectivity index (χ0) is 16.0. The Morgan fingerprint density at radius 1 is 1.22 bits per heavy atom. The van der Waals surface area contributed by atoms with Crippen molar-refractivity contribution in [3.05, 3.63) is 30.0 Å². The SMILES string of the molecule is CN1[C@@H]2CCC[C@H]1C[C@@H](NC(=O)c1nn(C)c3ccccc13)C2.[H+]. The summed E-state index contributed by atoms with van der Waals surface area (Å²) in [6.07, 6.45) is 5.95. The molecule has 0 spiro atoms. The molecule has 23 heavy (non-hydrogen) atoms. The molecular formula is C18H25N4O+. The maximum atomic E-state index is 12.7. The minimum absolute atomic E-state index is 0. The Bertz CT molecular complexity index is 730. The number of aryl methyl sites for hydroxylation is 1. The average Bonchev–Trinajstić information content (AvgIpc) is 2.86. The van der Waals surface area contributed by atoms with Crippen LogP contribution in [0.2, 0.25) is 0 Å². The number of carbonyl (C=O) groups excluding carboxylic acids is 1. The van der Waals surface area contributed by atoms with Crippen LogP contribution in [0.1, 0.15) is 44.0 Å². The predicted molar refractivity (Wildman–Crippen MR) is 91.5 cm³/mol. The standard InChI is InChI=1S/C18H24N4O/c1-21-13-6-5-7-14(21)11-12(10-13)19-18(23)17-15-8-3-4-9-16(15)22(2)20-17/h3-4,8-9,12-14H,5-7,10-11H2,1-2H3,(H,19,23)/p+1/t12-,13+,14-. The number of hydrogen-bond donors (Lipinski definition) is 1. The van der Waals surface area contributed by atoms with E-state index >= 15 is 0 Å². The molecule has 4 rings (SSSR count). The largest absolute Gasteiger partial charge is 1.00 e. The van der Waals surface area contributed by atoms with Crippen molar-refractivity contribution in [2.75, 3.05) is 7.05 Å². The van der Waals surface area contributed by atoms with Gasteiger partial charge in [-0.25, -0.2) is 0 Å². The molecule has 1 aromatic carbocycles. The molecule has 3 heterocycles. The van der Waals surface area contributed by atoms with Gasteiger partial charge in [-0.2, -0.15) is 5.10 Å². The molecule has 0 saturated carbocycles. The van der Waals surface area contributed by atoms with Crippen LogP contribution in [-0.2, 0) is 7.05 Å². The van der Waals surface area contributed by atoms with Crippen LogP contribution in [0.15, 0.2) is 24.3 Å². The molecule has 2 aromatic rings. The number of aromatic nitrogens is 2. The highest BCUT2D eigenvalue weighted by Gasteiger charge is 2.36. The molecule has 3 atom stereocenters. The molecular weight excluding hydrogens is 288 g/mol. The second-order valence-electron chi connectivity index (χ2n) is 7.04. The number of hydrogen-bond acceptors (Lipinski definition) is 3. The lowest BCUT2D eigenvalue weighted by molar-refractivity contribution is 0.0462. The van der Waals surface area contributed by atoms with Crippen LogP contribution >= 0.6 is 0 Å². The van der Waals surface area contributed by atoms with Gasteiger partial charge in [-0.3, -0.25) is 9.48 Å². The maximum absolute atomic E-state index is 12.7. The third-order valence-corrected chi connectivity index (χ3v) is 5.65. The Balaban J connectivity index is 0.00000169. The number of benzene rings is 1. The van der Waals surface area contributed by atoms with Gasteiger partial charge in [-0.15, -0.1) is 0 Å². The van der Waals surface area contributed by atoms with E-state index in [1.165, 1.54) is 19.3 Å². The van der Waals surface area contributed by atoms with Crippen LogP contribution in [0.3, 0.4) is 0 Å². The molecule has 122 valence electrons. The number of nitrogens with zero attached hydrogens (tertiary/aromatic N) is 3. The van der Waals surface area contributed by atoms with Crippen molar-refractivity contribution in [3.63, 3.8) is 0 Å². The molecule has 0 radical (unpaired) electrons. The van der Waals surface area contributed by atoms with Crippen LogP contribution in [0, 0.1) is 0 Å². The number of para-hydroxylation sites is 1. The molecule has 1 N–H and O–H groups in total. The summed E-state index contributed by atoms with van der Waals surface area (Å²) >= 11 is 0. The molecule has 2 saturated heterocycles. The first-order valence-electron chi connectivity index (χ1n) is 8.58. The van der Waals surface area contributed by atoms with E-state index in [0.717, 1.165) is 23.7 Å². The quantitative estimate of drug-likeness (QED) is 0.926. The molecule has 0 unspecified atom stereocenters. The van der Waals surface area contributed by atoms with Gasteiger partial charge in [0.15, 0.2) is 5.69 Å². The van der Waals surface area contributed by atoms with Crippen molar-refractivity contribution >= 4 is 16.8 Å². The molecule has 1 aromatic heterocycles. The number of rotatable bonds is 2. The summed E-state index contributed by atoms with van der Waals surface area (Å²) in [5, 5.41) is 8.62. The molecule has 0 aliphatic carbocycles. The van der Waals surface area contributed by atoms with Gasteiger partial charge >= 0.3 is 1.43 Å². The molecule has 5 heteroatoms. The fourth-order valence-electron chi connectivity index (χ4n) is 4.37. The second kappa shape index (κ2) is 5.64. The van der Waals surface area contributed by atoms with Gasteiger partial charge in [0, 0.05) is 30.6 Å². The van der Waals surface area contributed by atoms with E-state index in [1.54, 1.807) is 4.68 Å². The Morgan fingerprint density at radius 2 is 1.91 bits per heavy atom. The zero-order valence-corrected chi connectivity index (χ0v) is 13.8. The van der Waals surface area contributed by atoms with E-state index in [1.807, 2.05) is 31.3 Å². The van der Waals surface area contributed by atoms with Crippen LogP contribution in [0.5, 0.6) is 0 Å². The molecule has 5 nitrogen and oxygen atoms in total. The lowest BCUT2D eigenvalue weighted by atomic mass is 9.82. The fraction of sp³-hybridized carbons (Fsp3) is 0.556. The molecule has 2 aliphatic heterocycles. The number of piperidine rings is 2. The lowest BCUT2D eigenvalue weighted by Crippen LogP contribution is -2.55. The Kier molecular flexibility index (Phi) is 3.60. The van der Waals surface area contributed by atoms with E-state index in [0.29, 0.717) is 17.8 Å². The molecule has 2 bridgehead atoms. The van der Waals surface area contributed by atoms with Gasteiger partial charge in [-0.05, 0) is 38.8 Å². The monoisotopic (exact) mass is 313 g/mol. The van der Waals surface area contributed by atoms with Gasteiger partial charge in [0.1, 0.15) is 0 Å². The van der Waals surface area contributed by atoms with Crippen molar-refractivity contribution in [1.82, 2.24) is 20.0 Å². The predicted octanol–water partition coefficient (Wildman–Crippen LogP) is 2.43. The van der Waals surface area contributed by atoms with Gasteiger partial charge in [-0.1, -0.05) is 24.6 Å². The first-order chi connectivity index (χ1) is 11.1. The summed E-state index contributed by atoms with van der Waals surface area (Å²) in [5.41, 5.74) is 1.55. The van der Waals surface area contributed by atoms with Crippen LogP contribution in [0.4, 0.5) is 0 Å². The fourth-order valence-corrected chi connectivity index (χ4v) is 4.37. The number of amides is 1. The van der Waals surface area contributed by atoms with E-state index in [4.69, 9.17) is 0 Å². The van der Waals surface area contributed by atoms with Gasteiger partial charge in [0.2, 0.25) is 0 Å². The van der Waals surface area contributed by atoms with Crippen molar-refractivity contribution in [2.24, 2.45) is 7.05 Å². The zero-order valence-electron chi connectivity index (χ0n) is 14.8. The van der Waals surface area contributed by atoms with Crippen molar-refractivity contribution in [3.8, 4) is 0 Å². The summed E-state index contributed by atoms with van der Waals surface area (Å²) in [6.45, 7) is 0. The van der Waals surface area contributed by atoms with E-state index in [2.05, 4.69) is 22.4 Å². The van der Waals surface area contributed by atoms with Crippen molar-refractivity contribution in [2.45, 2.75) is 50.2 Å². The van der Waals surface area contributed by atoms with Crippen LogP contribution < -0.4 is 5.32 Å². The van der Waals surface area contributed by atoms with Gasteiger partial charge in [0.05, 0.1) is 5.52 Å². The van der Waals surface area contributed by atoms with Crippen molar-refractivity contribution < 1.29 is 6.22 Å². The second-order valence-corrected chi connectivity index (χ2v) is 7.04. The van der Waals surface area contributed by atoms with Gasteiger partial charge in [0.25, 0.3) is 5.91 Å². The minimum Gasteiger partial charge on any atom is -0.348 e. The average molecular weight is 313 g/mol. The first-order valence-corrected chi connectivity index (χ1v) is 8.58. The number of nitrogens with one attached hydrogen (secondary N) is 1. The van der Waals surface area contributed by atoms with Crippen molar-refractivity contribution in [1.29, 1.82) is 0 Å². The Labute approximate surface area is 138 Å². The summed E-state index contributed by atoms with van der Waals surface area (Å²) in [5.74, 6) is -0.0329. The summed E-state index contributed by atoms with van der Waals surface area (Å²) in [6, 6.07) is 9.42. The topological polar surface area (TPSA) is 50.2 Å². The number of carbonyl (C=O) groups is 1.